The van der Waals surface area contributed by atoms with Crippen LogP contribution >= 0.6 is 0 Å². The summed E-state index contributed by atoms with van der Waals surface area (Å²) in [5.41, 5.74) is -0.520. The molecule has 13 nitrogen and oxygen atoms in total. The molecule has 3 aliphatic rings. The predicted octanol–water partition coefficient (Wildman–Crippen LogP) is 2.72. The Morgan fingerprint density at radius 1 is 1.00 bits per heavy atom. The van der Waals surface area contributed by atoms with E-state index < -0.39 is 68.5 Å². The molecule has 3 fully saturated rings. The van der Waals surface area contributed by atoms with E-state index in [1.54, 1.807) is 18.7 Å². The highest BCUT2D eigenvalue weighted by atomic mass is 32.2. The van der Waals surface area contributed by atoms with Gasteiger partial charge in [-0.3, -0.25) is 19.2 Å². The van der Waals surface area contributed by atoms with Gasteiger partial charge in [-0.2, -0.15) is 0 Å². The molecule has 1 saturated heterocycles. The minimum Gasteiger partial charge on any atom is -0.346 e. The molecule has 0 spiro atoms. The smallest absolute Gasteiger partial charge is 0.315 e. The molecule has 2 aliphatic carbocycles. The molecule has 0 aromatic rings. The monoisotopic (exact) mass is 732 g/mol. The number of Topliss-reactive ketones (excluding diaryl/α,β-unsaturated/α-hetero) is 1. The minimum atomic E-state index is -3.58. The number of sulfonamides is 1. The number of likely N-dealkylation sites (N-methyl/N-ethyl adjacent to an activating group) is 1. The number of amides is 5. The second-order valence-electron chi connectivity index (χ2n) is 15.7. The molecule has 0 aromatic carbocycles. The van der Waals surface area contributed by atoms with Crippen LogP contribution in [0.25, 0.3) is 0 Å². The van der Waals surface area contributed by atoms with Crippen molar-refractivity contribution in [3.8, 4) is 12.3 Å². The highest BCUT2D eigenvalue weighted by Crippen LogP contribution is 2.43. The Morgan fingerprint density at radius 2 is 1.67 bits per heavy atom. The van der Waals surface area contributed by atoms with E-state index in [1.165, 1.54) is 17.4 Å². The fourth-order valence-electron chi connectivity index (χ4n) is 7.66. The van der Waals surface area contributed by atoms with E-state index in [2.05, 4.69) is 33.8 Å². The summed E-state index contributed by atoms with van der Waals surface area (Å²) >= 11 is 0. The molecular formula is C37H60N6O7S. The maximum absolute atomic E-state index is 14.7. The zero-order valence-corrected chi connectivity index (χ0v) is 32.1. The van der Waals surface area contributed by atoms with Crippen LogP contribution in [0, 0.1) is 35.5 Å². The summed E-state index contributed by atoms with van der Waals surface area (Å²) in [5, 5.41) is 10.5. The van der Waals surface area contributed by atoms with Crippen LogP contribution in [0.3, 0.4) is 0 Å². The molecule has 4 N–H and O–H groups in total. The highest BCUT2D eigenvalue weighted by molar-refractivity contribution is 7.89. The number of terminal acetylenes is 1. The lowest BCUT2D eigenvalue weighted by Crippen LogP contribution is -2.61. The quantitative estimate of drug-likeness (QED) is 0.107. The van der Waals surface area contributed by atoms with Gasteiger partial charge in [0.15, 0.2) is 0 Å². The van der Waals surface area contributed by atoms with Crippen molar-refractivity contribution >= 4 is 39.6 Å². The minimum absolute atomic E-state index is 0.0440. The number of fused-ring (bicyclic) bond motifs is 1. The Hall–Kier alpha value is -3.44. The van der Waals surface area contributed by atoms with Gasteiger partial charge in [0.1, 0.15) is 12.1 Å². The molecule has 2 saturated carbocycles. The molecule has 51 heavy (non-hydrogen) atoms. The zero-order chi connectivity index (χ0) is 38.1. The lowest BCUT2D eigenvalue weighted by molar-refractivity contribution is -0.144. The molecule has 0 aromatic heterocycles. The number of hydrogen-bond donors (Lipinski definition) is 4. The van der Waals surface area contributed by atoms with Crippen molar-refractivity contribution in [2.75, 3.05) is 26.7 Å². The first-order chi connectivity index (χ1) is 23.9. The molecule has 0 radical (unpaired) electrons. The summed E-state index contributed by atoms with van der Waals surface area (Å²) in [6.07, 6.45) is 13.9. The molecule has 6 atom stereocenters. The van der Waals surface area contributed by atoms with Crippen molar-refractivity contribution in [3.63, 3.8) is 0 Å². The predicted molar refractivity (Wildman–Crippen MR) is 197 cm³/mol. The van der Waals surface area contributed by atoms with Gasteiger partial charge < -0.3 is 26.2 Å². The standard InChI is InChI=1S/C37H60N6O7S/c1-9-11-20-28(32(44)34(46)38-21-10-2)39-33(45)31-27-19-15-18-26(27)22-43(31)35(47)30(25-16-13-12-14-17-25)41-36(48)40-29(37(5,6)7)23-42(8)51(49,50)24(3)4/h1,10,24-31H,2,11-23H2,3-8H3,(H,38,46)(H,39,45)(H2,40,41,48)/t26-,27-,28?,29+,30-,31-/m0/s1. The number of carbonyl (C=O) groups excluding carboxylic acids is 5. The maximum atomic E-state index is 14.7. The molecule has 3 rings (SSSR count). The van der Waals surface area contributed by atoms with E-state index in [0.717, 1.165) is 51.4 Å². The van der Waals surface area contributed by atoms with Gasteiger partial charge in [-0.25, -0.2) is 17.5 Å². The Morgan fingerprint density at radius 3 is 2.25 bits per heavy atom. The molecule has 0 bridgehead atoms. The van der Waals surface area contributed by atoms with Gasteiger partial charge in [-0.05, 0) is 69.1 Å². The van der Waals surface area contributed by atoms with Gasteiger partial charge in [-0.1, -0.05) is 52.5 Å². The Kier molecular flexibility index (Phi) is 15.1. The van der Waals surface area contributed by atoms with Crippen molar-refractivity contribution in [1.82, 2.24) is 30.5 Å². The second kappa shape index (κ2) is 18.4. The average molecular weight is 733 g/mol. The molecule has 14 heteroatoms. The molecule has 286 valence electrons. The van der Waals surface area contributed by atoms with E-state index in [-0.39, 0.29) is 49.6 Å². The van der Waals surface area contributed by atoms with Gasteiger partial charge in [-0.15, -0.1) is 18.9 Å². The third kappa shape index (κ3) is 10.8. The zero-order valence-electron chi connectivity index (χ0n) is 31.3. The van der Waals surface area contributed by atoms with E-state index in [0.29, 0.717) is 6.54 Å². The maximum Gasteiger partial charge on any atom is 0.315 e. The SMILES string of the molecule is C#CCCC(NC(=O)[C@@H]1[C@H]2CCC[C@H]2CN1C(=O)[C@@H](NC(=O)N[C@H](CN(C)S(=O)(=O)C(C)C)C(C)(C)C)C1CCCCC1)C(=O)C(=O)NCC=C. The first-order valence-corrected chi connectivity index (χ1v) is 19.9. The van der Waals surface area contributed by atoms with Crippen LogP contribution in [0.2, 0.25) is 0 Å². The van der Waals surface area contributed by atoms with Crippen LogP contribution in [0.15, 0.2) is 12.7 Å². The third-order valence-electron chi connectivity index (χ3n) is 10.8. The fourth-order valence-corrected chi connectivity index (χ4v) is 8.73. The lowest BCUT2D eigenvalue weighted by atomic mass is 9.83. The van der Waals surface area contributed by atoms with E-state index >= 15 is 0 Å². The number of nitrogens with one attached hydrogen (secondary N) is 4. The molecule has 1 heterocycles. The summed E-state index contributed by atoms with van der Waals surface area (Å²) in [6.45, 7) is 13.0. The lowest BCUT2D eigenvalue weighted by Gasteiger charge is -2.37. The average Bonchev–Trinajstić information content (AvgIpc) is 3.68. The molecule has 5 amide bonds. The van der Waals surface area contributed by atoms with E-state index in [1.807, 2.05) is 20.8 Å². The molecule has 1 unspecified atom stereocenters. The normalized spacial score (nSPS) is 22.7. The topological polar surface area (TPSA) is 174 Å². The van der Waals surface area contributed by atoms with Crippen LogP contribution in [0.1, 0.15) is 98.8 Å². The van der Waals surface area contributed by atoms with Crippen molar-refractivity contribution in [3.05, 3.63) is 12.7 Å². The van der Waals surface area contributed by atoms with Gasteiger partial charge in [0.05, 0.1) is 11.3 Å². The summed E-state index contributed by atoms with van der Waals surface area (Å²) in [6, 6.07) is -4.12. The van der Waals surface area contributed by atoms with Gasteiger partial charge >= 0.3 is 6.03 Å². The van der Waals surface area contributed by atoms with E-state index in [9.17, 15) is 32.4 Å². The van der Waals surface area contributed by atoms with Crippen LogP contribution in [0.4, 0.5) is 4.79 Å². The number of rotatable bonds is 16. The van der Waals surface area contributed by atoms with Crippen molar-refractivity contribution in [2.45, 2.75) is 128 Å². The van der Waals surface area contributed by atoms with Crippen molar-refractivity contribution < 1.29 is 32.4 Å². The van der Waals surface area contributed by atoms with E-state index in [4.69, 9.17) is 6.42 Å². The number of ketones is 1. The van der Waals surface area contributed by atoms with Crippen molar-refractivity contribution in [2.24, 2.45) is 23.2 Å². The number of nitrogens with zero attached hydrogens (tertiary/aromatic N) is 2. The van der Waals surface area contributed by atoms with Gasteiger partial charge in [0.2, 0.25) is 27.6 Å². The van der Waals surface area contributed by atoms with Crippen LogP contribution in [-0.2, 0) is 29.2 Å². The first kappa shape index (κ1) is 42.0. The van der Waals surface area contributed by atoms with Crippen LogP contribution in [-0.4, -0.2) is 103 Å². The fraction of sp³-hybridized carbons (Fsp3) is 0.757. The van der Waals surface area contributed by atoms with Gasteiger partial charge in [0.25, 0.3) is 5.91 Å². The Balaban J connectivity index is 1.88. The van der Waals surface area contributed by atoms with Gasteiger partial charge in [0, 0.05) is 39.1 Å². The highest BCUT2D eigenvalue weighted by Gasteiger charge is 2.52. The van der Waals surface area contributed by atoms with Crippen molar-refractivity contribution in [1.29, 1.82) is 0 Å². The second-order valence-corrected chi connectivity index (χ2v) is 18.3. The van der Waals surface area contributed by atoms with Crippen LogP contribution < -0.4 is 21.3 Å². The number of likely N-dealkylation sites (tertiary alicyclic amines) is 1. The first-order valence-electron chi connectivity index (χ1n) is 18.4. The Labute approximate surface area is 304 Å². The summed E-state index contributed by atoms with van der Waals surface area (Å²) in [5.74, 6) is -0.281. The largest absolute Gasteiger partial charge is 0.346 e. The number of carbonyl (C=O) groups is 5. The Bertz CT molecular complexity index is 1430. The summed E-state index contributed by atoms with van der Waals surface area (Å²) < 4.78 is 27.0. The number of hydrogen-bond acceptors (Lipinski definition) is 7. The summed E-state index contributed by atoms with van der Waals surface area (Å²) in [7, 11) is -2.08. The summed E-state index contributed by atoms with van der Waals surface area (Å²) in [4.78, 5) is 69.8. The molecule has 1 aliphatic heterocycles. The number of urea groups is 1. The molecular weight excluding hydrogens is 673 g/mol. The van der Waals surface area contributed by atoms with Crippen LogP contribution in [0.5, 0.6) is 0 Å². The third-order valence-corrected chi connectivity index (χ3v) is 13.0.